The van der Waals surface area contributed by atoms with Gasteiger partial charge in [0, 0.05) is 0 Å². The standard InChI is InChI=1S/BHO3.Ni.H2O/c2-1(3)4;;/h2H;;1H2/q-2;+2;. The topological polar surface area (TPSA) is 97.9 Å². The maximum absolute atomic E-state index is 8.53. The van der Waals surface area contributed by atoms with Gasteiger partial charge in [0.05, 0.1) is 7.32 Å². The Morgan fingerprint density at radius 3 is 1.33 bits per heavy atom. The van der Waals surface area contributed by atoms with Crippen molar-refractivity contribution in [3.05, 3.63) is 0 Å². The summed E-state index contributed by atoms with van der Waals surface area (Å²) in [5, 5.41) is 24.0. The summed E-state index contributed by atoms with van der Waals surface area (Å²) in [5.41, 5.74) is 0. The fourth-order valence-electron chi connectivity index (χ4n) is 0. The van der Waals surface area contributed by atoms with Crippen molar-refractivity contribution in [3.63, 3.8) is 0 Å². The average molecular weight is 137 g/mol. The predicted molar refractivity (Wildman–Crippen MR) is 11.6 cm³/mol. The molecule has 0 amide bonds. The maximum Gasteiger partial charge on any atom is 2.00 e. The molecule has 0 radical (unpaired) electrons. The van der Waals surface area contributed by atoms with E-state index in [1.807, 2.05) is 0 Å². The van der Waals surface area contributed by atoms with Gasteiger partial charge in [0.1, 0.15) is 0 Å². The van der Waals surface area contributed by atoms with Gasteiger partial charge in [0.25, 0.3) is 0 Å². The molecule has 0 aliphatic rings. The van der Waals surface area contributed by atoms with Gasteiger partial charge in [-0.2, -0.15) is 0 Å². The molecule has 6 heavy (non-hydrogen) atoms. The number of rotatable bonds is 0. The third-order valence-corrected chi connectivity index (χ3v) is 0. The van der Waals surface area contributed by atoms with Crippen LogP contribution in [0.15, 0.2) is 0 Å². The molecule has 6 heteroatoms. The largest absolute Gasteiger partial charge is 2.00 e. The van der Waals surface area contributed by atoms with Crippen molar-refractivity contribution < 1.29 is 37.0 Å². The molecule has 0 fully saturated rings. The summed E-state index contributed by atoms with van der Waals surface area (Å²) >= 11 is 0. The zero-order valence-corrected chi connectivity index (χ0v) is 3.64. The van der Waals surface area contributed by atoms with Crippen molar-refractivity contribution >= 4 is 7.32 Å². The van der Waals surface area contributed by atoms with Gasteiger partial charge in [0.15, 0.2) is 0 Å². The third kappa shape index (κ3) is 320. The van der Waals surface area contributed by atoms with Gasteiger partial charge in [-0.1, -0.05) is 0 Å². The Labute approximate surface area is 45.2 Å². The van der Waals surface area contributed by atoms with Crippen LogP contribution in [0.3, 0.4) is 0 Å². The van der Waals surface area contributed by atoms with Gasteiger partial charge >= 0.3 is 16.5 Å². The van der Waals surface area contributed by atoms with Gasteiger partial charge < -0.3 is 20.5 Å². The van der Waals surface area contributed by atoms with E-state index in [0.717, 1.165) is 0 Å². The van der Waals surface area contributed by atoms with Crippen molar-refractivity contribution in [1.82, 2.24) is 0 Å². The molecule has 0 rings (SSSR count). The van der Waals surface area contributed by atoms with E-state index in [0.29, 0.717) is 0 Å². The van der Waals surface area contributed by atoms with E-state index < -0.39 is 7.32 Å². The van der Waals surface area contributed by atoms with E-state index in [9.17, 15) is 0 Å². The van der Waals surface area contributed by atoms with Crippen molar-refractivity contribution in [2.24, 2.45) is 0 Å². The quantitative estimate of drug-likeness (QED) is 0.342. The first-order valence-electron chi connectivity index (χ1n) is 0.730. The van der Waals surface area contributed by atoms with Gasteiger partial charge in [-0.25, -0.2) is 0 Å². The normalized spacial score (nSPS) is 4.50. The fraction of sp³-hybridized carbons (Fsp3) is 0. The van der Waals surface area contributed by atoms with Crippen LogP contribution in [0.1, 0.15) is 0 Å². The maximum atomic E-state index is 8.53. The van der Waals surface area contributed by atoms with Crippen LogP contribution in [0.5, 0.6) is 0 Å². The van der Waals surface area contributed by atoms with Gasteiger partial charge in [-0.05, 0) is 0 Å². The number of hydrogen-bond donors (Lipinski definition) is 1. The van der Waals surface area contributed by atoms with Crippen LogP contribution in [-0.4, -0.2) is 17.8 Å². The van der Waals surface area contributed by atoms with E-state index in [1.54, 1.807) is 0 Å². The second-order valence-corrected chi connectivity index (χ2v) is 0.307. The van der Waals surface area contributed by atoms with Crippen LogP contribution >= 0.6 is 0 Å². The molecule has 0 bridgehead atoms. The van der Waals surface area contributed by atoms with Crippen molar-refractivity contribution in [1.29, 1.82) is 0 Å². The van der Waals surface area contributed by atoms with Gasteiger partial charge in [-0.15, -0.1) is 0 Å². The minimum atomic E-state index is -2.67. The molecule has 0 atom stereocenters. The minimum absolute atomic E-state index is 0. The summed E-state index contributed by atoms with van der Waals surface area (Å²) in [6.07, 6.45) is 0. The first kappa shape index (κ1) is 16.1. The summed E-state index contributed by atoms with van der Waals surface area (Å²) in [7, 11) is -2.67. The average Bonchev–Trinajstić information content (AvgIpc) is 0.811. The second kappa shape index (κ2) is 9.04. The van der Waals surface area contributed by atoms with E-state index >= 15 is 0 Å². The monoisotopic (exact) mass is 136 g/mol. The Hall–Kier alpha value is 0.398. The summed E-state index contributed by atoms with van der Waals surface area (Å²) < 4.78 is 0. The molecule has 0 spiro atoms. The smallest absolute Gasteiger partial charge is 0.871 e. The Morgan fingerprint density at radius 1 is 1.33 bits per heavy atom. The molecule has 0 aromatic rings. The summed E-state index contributed by atoms with van der Waals surface area (Å²) in [6, 6.07) is 0. The zero-order chi connectivity index (χ0) is 3.58. The Bertz CT molecular complexity index is 12.3. The Kier molecular flexibility index (Phi) is 24.3. The molecule has 0 aromatic heterocycles. The molecule has 0 aromatic carbocycles. The first-order valence-corrected chi connectivity index (χ1v) is 0.730. The van der Waals surface area contributed by atoms with Crippen molar-refractivity contribution in [2.45, 2.75) is 0 Å². The molecular formula is H3BNiO4. The molecule has 40 valence electrons. The molecule has 4 nitrogen and oxygen atoms in total. The van der Waals surface area contributed by atoms with Crippen LogP contribution in [0.4, 0.5) is 0 Å². The van der Waals surface area contributed by atoms with Crippen molar-refractivity contribution in [2.75, 3.05) is 0 Å². The predicted octanol–water partition coefficient (Wildman–Crippen LogP) is -4.14. The van der Waals surface area contributed by atoms with E-state index in [1.165, 1.54) is 0 Å². The molecule has 0 aliphatic heterocycles. The van der Waals surface area contributed by atoms with E-state index in [4.69, 9.17) is 15.1 Å². The molecule has 0 aliphatic carbocycles. The fourth-order valence-corrected chi connectivity index (χ4v) is 0. The van der Waals surface area contributed by atoms with Crippen molar-refractivity contribution in [3.8, 4) is 0 Å². The minimum Gasteiger partial charge on any atom is -0.871 e. The van der Waals surface area contributed by atoms with Crippen LogP contribution in [0.25, 0.3) is 0 Å². The third-order valence-electron chi connectivity index (χ3n) is 0. The molecule has 0 saturated carbocycles. The number of hydrogen-bond acceptors (Lipinski definition) is 3. The first-order chi connectivity index (χ1) is 1.73. The van der Waals surface area contributed by atoms with Crippen LogP contribution in [0, 0.1) is 0 Å². The zero-order valence-electron chi connectivity index (χ0n) is 2.66. The van der Waals surface area contributed by atoms with E-state index in [-0.39, 0.29) is 22.0 Å². The summed E-state index contributed by atoms with van der Waals surface area (Å²) in [4.78, 5) is 0. The van der Waals surface area contributed by atoms with E-state index in [2.05, 4.69) is 0 Å². The van der Waals surface area contributed by atoms with Crippen LogP contribution in [0.2, 0.25) is 0 Å². The molecule has 0 saturated heterocycles. The summed E-state index contributed by atoms with van der Waals surface area (Å²) in [6.45, 7) is 0. The molecular weight excluding hydrogens is 134 g/mol. The Morgan fingerprint density at radius 2 is 1.33 bits per heavy atom. The molecule has 0 heterocycles. The molecule has 0 unspecified atom stereocenters. The summed E-state index contributed by atoms with van der Waals surface area (Å²) in [5.74, 6) is 0. The van der Waals surface area contributed by atoms with Crippen LogP contribution in [-0.2, 0) is 16.5 Å². The SMILES string of the molecule is O.[Ni+2].[O-]B([O-])O. The van der Waals surface area contributed by atoms with Gasteiger partial charge in [0.2, 0.25) is 0 Å². The second-order valence-electron chi connectivity index (χ2n) is 0.307. The van der Waals surface area contributed by atoms with Gasteiger partial charge in [-0.3, -0.25) is 0 Å². The Balaban J connectivity index is -0.0000000450. The van der Waals surface area contributed by atoms with Crippen LogP contribution < -0.4 is 10.0 Å². The molecule has 3 N–H and O–H groups in total.